The van der Waals surface area contributed by atoms with Crippen molar-refractivity contribution in [3.05, 3.63) is 77.0 Å². The summed E-state index contributed by atoms with van der Waals surface area (Å²) in [4.78, 5) is 2.42. The van der Waals surface area contributed by atoms with E-state index in [1.165, 1.54) is 39.0 Å². The van der Waals surface area contributed by atoms with Crippen LogP contribution in [0.3, 0.4) is 0 Å². The molecule has 0 bridgehead atoms. The van der Waals surface area contributed by atoms with Crippen LogP contribution >= 0.6 is 0 Å². The number of aryl methyl sites for hydroxylation is 1. The standard InChI is InChI=1S/C22H24N2/c1-4-20(17-8-6-5-7-9-17)24-21-11-10-16(2)14-18(21)19-15-23(3)13-12-22(19)24/h4-11,14H,12-13,15H2,1-3H3/b20-4+. The Bertz CT molecular complexity index is 916. The normalized spacial score (nSPS) is 15.7. The number of likely N-dealkylation sites (N-methyl/N-ethyl adjacent to an activating group) is 1. The van der Waals surface area contributed by atoms with Crippen molar-refractivity contribution in [1.29, 1.82) is 0 Å². The molecule has 0 atom stereocenters. The van der Waals surface area contributed by atoms with Gasteiger partial charge in [-0.15, -0.1) is 0 Å². The molecule has 24 heavy (non-hydrogen) atoms. The van der Waals surface area contributed by atoms with Gasteiger partial charge in [-0.1, -0.05) is 48.0 Å². The fourth-order valence-corrected chi connectivity index (χ4v) is 3.92. The van der Waals surface area contributed by atoms with Crippen LogP contribution in [0.5, 0.6) is 0 Å². The van der Waals surface area contributed by atoms with Gasteiger partial charge in [0.25, 0.3) is 0 Å². The van der Waals surface area contributed by atoms with Crippen molar-refractivity contribution in [2.75, 3.05) is 13.6 Å². The number of nitrogens with zero attached hydrogens (tertiary/aromatic N) is 2. The van der Waals surface area contributed by atoms with Crippen molar-refractivity contribution in [2.45, 2.75) is 26.8 Å². The second-order valence-electron chi connectivity index (χ2n) is 6.81. The number of hydrogen-bond donors (Lipinski definition) is 0. The van der Waals surface area contributed by atoms with Crippen LogP contribution in [0.1, 0.15) is 29.3 Å². The van der Waals surface area contributed by atoms with Gasteiger partial charge in [-0.2, -0.15) is 0 Å². The van der Waals surface area contributed by atoms with Crippen molar-refractivity contribution >= 4 is 16.6 Å². The zero-order valence-corrected chi connectivity index (χ0v) is 14.7. The van der Waals surface area contributed by atoms with Gasteiger partial charge < -0.3 is 9.47 Å². The second-order valence-corrected chi connectivity index (χ2v) is 6.81. The molecule has 2 heterocycles. The van der Waals surface area contributed by atoms with Gasteiger partial charge in [0.15, 0.2) is 0 Å². The Labute approximate surface area is 144 Å². The van der Waals surface area contributed by atoms with Crippen LogP contribution < -0.4 is 0 Å². The average molecular weight is 316 g/mol. The van der Waals surface area contributed by atoms with Crippen LogP contribution in [0, 0.1) is 6.92 Å². The molecule has 0 amide bonds. The average Bonchev–Trinajstić information content (AvgIpc) is 2.90. The molecular weight excluding hydrogens is 292 g/mol. The van der Waals surface area contributed by atoms with E-state index < -0.39 is 0 Å². The van der Waals surface area contributed by atoms with E-state index in [4.69, 9.17) is 0 Å². The molecule has 1 aromatic heterocycles. The topological polar surface area (TPSA) is 8.17 Å². The molecule has 0 N–H and O–H groups in total. The molecule has 2 aromatic carbocycles. The van der Waals surface area contributed by atoms with Crippen LogP contribution in [-0.2, 0) is 13.0 Å². The first-order chi connectivity index (χ1) is 11.7. The number of allylic oxidation sites excluding steroid dienone is 1. The third kappa shape index (κ3) is 2.38. The molecule has 1 aliphatic rings. The van der Waals surface area contributed by atoms with Gasteiger partial charge in [0.05, 0.1) is 5.52 Å². The molecular formula is C22H24N2. The summed E-state index contributed by atoms with van der Waals surface area (Å²) in [5, 5.41) is 1.41. The smallest absolute Gasteiger partial charge is 0.0535 e. The molecule has 2 nitrogen and oxygen atoms in total. The Morgan fingerprint density at radius 1 is 1.08 bits per heavy atom. The highest BCUT2D eigenvalue weighted by molar-refractivity contribution is 5.91. The Hall–Kier alpha value is -2.32. The molecule has 0 aliphatic carbocycles. The molecule has 2 heteroatoms. The van der Waals surface area contributed by atoms with Crippen molar-refractivity contribution in [2.24, 2.45) is 0 Å². The monoisotopic (exact) mass is 316 g/mol. The Balaban J connectivity index is 2.02. The van der Waals surface area contributed by atoms with Gasteiger partial charge in [-0.3, -0.25) is 0 Å². The Kier molecular flexibility index (Phi) is 3.78. The third-order valence-corrected chi connectivity index (χ3v) is 5.08. The number of benzene rings is 2. The molecule has 3 aromatic rings. The fraction of sp³-hybridized carbons (Fsp3) is 0.273. The maximum Gasteiger partial charge on any atom is 0.0535 e. The lowest BCUT2D eigenvalue weighted by atomic mass is 10.0. The van der Waals surface area contributed by atoms with Crippen LogP contribution in [0.25, 0.3) is 16.6 Å². The Morgan fingerprint density at radius 3 is 2.62 bits per heavy atom. The van der Waals surface area contributed by atoms with Gasteiger partial charge in [-0.25, -0.2) is 0 Å². The minimum atomic E-state index is 1.04. The second kappa shape index (κ2) is 5.95. The third-order valence-electron chi connectivity index (χ3n) is 5.08. The van der Waals surface area contributed by atoms with E-state index in [-0.39, 0.29) is 0 Å². The van der Waals surface area contributed by atoms with Crippen molar-refractivity contribution in [3.63, 3.8) is 0 Å². The van der Waals surface area contributed by atoms with E-state index in [2.05, 4.69) is 85.0 Å². The number of hydrogen-bond acceptors (Lipinski definition) is 1. The summed E-state index contributed by atoms with van der Waals surface area (Å²) in [6, 6.07) is 17.6. The first-order valence-corrected chi connectivity index (χ1v) is 8.72. The van der Waals surface area contributed by atoms with E-state index in [1.54, 1.807) is 0 Å². The quantitative estimate of drug-likeness (QED) is 0.656. The minimum absolute atomic E-state index is 1.04. The molecule has 0 fully saturated rings. The number of aromatic nitrogens is 1. The lowest BCUT2D eigenvalue weighted by Crippen LogP contribution is -2.27. The molecule has 0 spiro atoms. The maximum absolute atomic E-state index is 2.49. The lowest BCUT2D eigenvalue weighted by Gasteiger charge is -2.25. The zero-order valence-electron chi connectivity index (χ0n) is 14.7. The van der Waals surface area contributed by atoms with E-state index in [0.717, 1.165) is 19.5 Å². The minimum Gasteiger partial charge on any atom is -0.313 e. The van der Waals surface area contributed by atoms with Gasteiger partial charge >= 0.3 is 0 Å². The van der Waals surface area contributed by atoms with E-state index in [1.807, 2.05) is 0 Å². The zero-order chi connectivity index (χ0) is 16.7. The van der Waals surface area contributed by atoms with E-state index in [0.29, 0.717) is 0 Å². The van der Waals surface area contributed by atoms with Crippen LogP contribution in [-0.4, -0.2) is 23.1 Å². The predicted octanol–water partition coefficient (Wildman–Crippen LogP) is 4.85. The van der Waals surface area contributed by atoms with Crippen molar-refractivity contribution in [3.8, 4) is 0 Å². The van der Waals surface area contributed by atoms with Gasteiger partial charge in [0.2, 0.25) is 0 Å². The summed E-state index contributed by atoms with van der Waals surface area (Å²) >= 11 is 0. The molecule has 1 aliphatic heterocycles. The van der Waals surface area contributed by atoms with Crippen LogP contribution in [0.4, 0.5) is 0 Å². The first kappa shape index (κ1) is 15.2. The van der Waals surface area contributed by atoms with E-state index >= 15 is 0 Å². The molecule has 0 saturated heterocycles. The highest BCUT2D eigenvalue weighted by Crippen LogP contribution is 2.35. The summed E-state index contributed by atoms with van der Waals surface area (Å²) in [6.45, 7) is 6.48. The Morgan fingerprint density at radius 2 is 1.88 bits per heavy atom. The van der Waals surface area contributed by atoms with Crippen LogP contribution in [0.15, 0.2) is 54.6 Å². The van der Waals surface area contributed by atoms with E-state index in [9.17, 15) is 0 Å². The predicted molar refractivity (Wildman–Crippen MR) is 102 cm³/mol. The molecule has 0 saturated carbocycles. The number of fused-ring (bicyclic) bond motifs is 3. The maximum atomic E-state index is 2.49. The highest BCUT2D eigenvalue weighted by atomic mass is 15.1. The van der Waals surface area contributed by atoms with Gasteiger partial charge in [0, 0.05) is 36.3 Å². The van der Waals surface area contributed by atoms with Crippen molar-refractivity contribution < 1.29 is 0 Å². The molecule has 122 valence electrons. The molecule has 0 unspecified atom stereocenters. The summed E-state index contributed by atoms with van der Waals surface area (Å²) in [5.41, 5.74) is 8.20. The first-order valence-electron chi connectivity index (χ1n) is 8.72. The number of rotatable bonds is 2. The van der Waals surface area contributed by atoms with Crippen LogP contribution in [0.2, 0.25) is 0 Å². The fourth-order valence-electron chi connectivity index (χ4n) is 3.92. The summed E-state index contributed by atoms with van der Waals surface area (Å²) in [5.74, 6) is 0. The largest absolute Gasteiger partial charge is 0.313 e. The molecule has 4 rings (SSSR count). The SMILES string of the molecule is C/C=C(\c1ccccc1)n1c2c(c3cc(C)ccc31)CN(C)CC2. The van der Waals surface area contributed by atoms with Gasteiger partial charge in [-0.05, 0) is 44.2 Å². The lowest BCUT2D eigenvalue weighted by molar-refractivity contribution is 0.311. The molecule has 0 radical (unpaired) electrons. The van der Waals surface area contributed by atoms with Gasteiger partial charge in [0.1, 0.15) is 0 Å². The summed E-state index contributed by atoms with van der Waals surface area (Å²) in [6.07, 6.45) is 3.34. The summed E-state index contributed by atoms with van der Waals surface area (Å²) < 4.78 is 2.49. The van der Waals surface area contributed by atoms with Crippen molar-refractivity contribution in [1.82, 2.24) is 9.47 Å². The summed E-state index contributed by atoms with van der Waals surface area (Å²) in [7, 11) is 2.22. The highest BCUT2D eigenvalue weighted by Gasteiger charge is 2.24.